The van der Waals surface area contributed by atoms with E-state index < -0.39 is 0 Å². The highest BCUT2D eigenvalue weighted by Crippen LogP contribution is 2.45. The van der Waals surface area contributed by atoms with Crippen molar-refractivity contribution in [3.63, 3.8) is 0 Å². The summed E-state index contributed by atoms with van der Waals surface area (Å²) in [6.07, 6.45) is 0. The highest BCUT2D eigenvalue weighted by molar-refractivity contribution is 6.21. The molecule has 0 atom stereocenters. The summed E-state index contributed by atoms with van der Waals surface area (Å²) >= 11 is 0. The third-order valence-electron chi connectivity index (χ3n) is 10.4. The summed E-state index contributed by atoms with van der Waals surface area (Å²) in [4.78, 5) is 0. The normalized spacial score (nSPS) is 11.6. The maximum Gasteiger partial charge on any atom is -0.00262 e. The molecule has 0 nitrogen and oxygen atoms in total. The van der Waals surface area contributed by atoms with Gasteiger partial charge in [-0.25, -0.2) is 0 Å². The fourth-order valence-corrected chi connectivity index (χ4v) is 8.02. The molecule has 50 heavy (non-hydrogen) atoms. The second kappa shape index (κ2) is 11.6. The van der Waals surface area contributed by atoms with Crippen molar-refractivity contribution in [1.29, 1.82) is 0 Å². The molecular weight excluding hydrogens is 601 g/mol. The van der Waals surface area contributed by atoms with Crippen molar-refractivity contribution in [1.82, 2.24) is 0 Å². The molecule has 0 aliphatic carbocycles. The standard InChI is InChI=1S/C50H32/c1-2-13-35-29-38(25-23-33(35)11-1)36-14-9-16-41(31-36)49-45-19-5-7-21-47(45)50(48-22-8-6-20-46(48)49)42-17-10-15-37(32-42)39-27-28-44-40(30-39)26-24-34-12-3-4-18-43(34)44/h1-32H. The molecule has 0 aliphatic heterocycles. The number of hydrogen-bond acceptors (Lipinski definition) is 0. The average molecular weight is 633 g/mol. The molecule has 0 heterocycles. The predicted molar refractivity (Wildman–Crippen MR) is 216 cm³/mol. The number of fused-ring (bicyclic) bond motifs is 6. The highest BCUT2D eigenvalue weighted by Gasteiger charge is 2.17. The average Bonchev–Trinajstić information content (AvgIpc) is 3.19. The molecule has 0 spiro atoms. The lowest BCUT2D eigenvalue weighted by Gasteiger charge is -2.18. The van der Waals surface area contributed by atoms with E-state index in [4.69, 9.17) is 0 Å². The highest BCUT2D eigenvalue weighted by atomic mass is 14.2. The van der Waals surface area contributed by atoms with Gasteiger partial charge < -0.3 is 0 Å². The van der Waals surface area contributed by atoms with Crippen LogP contribution in [0.1, 0.15) is 0 Å². The van der Waals surface area contributed by atoms with Gasteiger partial charge in [-0.1, -0.05) is 170 Å². The molecule has 0 fully saturated rings. The lowest BCUT2D eigenvalue weighted by Crippen LogP contribution is -1.91. The number of rotatable bonds is 4. The van der Waals surface area contributed by atoms with Crippen molar-refractivity contribution < 1.29 is 0 Å². The van der Waals surface area contributed by atoms with Crippen LogP contribution < -0.4 is 0 Å². The Balaban J connectivity index is 1.14. The molecule has 10 rings (SSSR count). The van der Waals surface area contributed by atoms with Gasteiger partial charge in [0.15, 0.2) is 0 Å². The Labute approximate surface area is 291 Å². The van der Waals surface area contributed by atoms with Crippen LogP contribution in [-0.2, 0) is 0 Å². The van der Waals surface area contributed by atoms with Gasteiger partial charge in [0.05, 0.1) is 0 Å². The fourth-order valence-electron chi connectivity index (χ4n) is 8.02. The summed E-state index contributed by atoms with van der Waals surface area (Å²) < 4.78 is 0. The largest absolute Gasteiger partial charge is 0.0616 e. The molecule has 0 radical (unpaired) electrons. The third kappa shape index (κ3) is 4.69. The van der Waals surface area contributed by atoms with E-state index >= 15 is 0 Å². The second-order valence-corrected chi connectivity index (χ2v) is 13.3. The maximum atomic E-state index is 2.37. The Morgan fingerprint density at radius 3 is 1.16 bits per heavy atom. The molecule has 0 aromatic heterocycles. The molecule has 0 saturated heterocycles. The van der Waals surface area contributed by atoms with Gasteiger partial charge in [0, 0.05) is 0 Å². The van der Waals surface area contributed by atoms with Crippen molar-refractivity contribution in [3.05, 3.63) is 194 Å². The molecular formula is C50H32. The van der Waals surface area contributed by atoms with E-state index in [1.165, 1.54) is 98.4 Å². The van der Waals surface area contributed by atoms with Gasteiger partial charge in [0.1, 0.15) is 0 Å². The van der Waals surface area contributed by atoms with Gasteiger partial charge in [-0.05, 0) is 123 Å². The van der Waals surface area contributed by atoms with E-state index in [2.05, 4.69) is 194 Å². The summed E-state index contributed by atoms with van der Waals surface area (Å²) in [6.45, 7) is 0. The lowest BCUT2D eigenvalue weighted by atomic mass is 9.85. The van der Waals surface area contributed by atoms with Crippen molar-refractivity contribution >= 4 is 53.9 Å². The molecule has 232 valence electrons. The number of benzene rings is 10. The van der Waals surface area contributed by atoms with Crippen LogP contribution in [0.25, 0.3) is 98.4 Å². The first-order valence-corrected chi connectivity index (χ1v) is 17.3. The Morgan fingerprint density at radius 1 is 0.180 bits per heavy atom. The molecule has 0 unspecified atom stereocenters. The second-order valence-electron chi connectivity index (χ2n) is 13.3. The van der Waals surface area contributed by atoms with Crippen molar-refractivity contribution in [3.8, 4) is 44.5 Å². The van der Waals surface area contributed by atoms with Crippen LogP contribution >= 0.6 is 0 Å². The minimum Gasteiger partial charge on any atom is -0.0616 e. The molecule has 10 aromatic rings. The molecule has 0 heteroatoms. The van der Waals surface area contributed by atoms with Gasteiger partial charge in [-0.15, -0.1) is 0 Å². The quantitative estimate of drug-likeness (QED) is 0.134. The zero-order valence-electron chi connectivity index (χ0n) is 27.5. The van der Waals surface area contributed by atoms with Gasteiger partial charge >= 0.3 is 0 Å². The van der Waals surface area contributed by atoms with Crippen molar-refractivity contribution in [2.45, 2.75) is 0 Å². The molecule has 10 aromatic carbocycles. The topological polar surface area (TPSA) is 0 Å². The van der Waals surface area contributed by atoms with E-state index in [-0.39, 0.29) is 0 Å². The third-order valence-corrected chi connectivity index (χ3v) is 10.4. The Morgan fingerprint density at radius 2 is 0.560 bits per heavy atom. The Bertz CT molecular complexity index is 2870. The van der Waals surface area contributed by atoms with Crippen molar-refractivity contribution in [2.24, 2.45) is 0 Å². The Kier molecular flexibility index (Phi) is 6.60. The SMILES string of the molecule is c1cc(-c2ccc3ccccc3c2)cc(-c2c3ccccc3c(-c3cccc(-c4ccc5c(ccc6ccccc65)c4)c3)c3ccccc23)c1. The van der Waals surface area contributed by atoms with E-state index in [1.807, 2.05) is 0 Å². The van der Waals surface area contributed by atoms with Gasteiger partial charge in [-0.2, -0.15) is 0 Å². The summed E-state index contributed by atoms with van der Waals surface area (Å²) in [5.41, 5.74) is 9.91. The van der Waals surface area contributed by atoms with Crippen LogP contribution in [0.15, 0.2) is 194 Å². The van der Waals surface area contributed by atoms with Crippen LogP contribution in [0.4, 0.5) is 0 Å². The molecule has 0 N–H and O–H groups in total. The molecule has 0 aliphatic rings. The molecule has 0 bridgehead atoms. The summed E-state index contributed by atoms with van der Waals surface area (Å²) in [5, 5.41) is 12.7. The van der Waals surface area contributed by atoms with E-state index in [0.29, 0.717) is 0 Å². The van der Waals surface area contributed by atoms with E-state index in [0.717, 1.165) is 0 Å². The van der Waals surface area contributed by atoms with Crippen LogP contribution in [0.2, 0.25) is 0 Å². The Hall–Kier alpha value is -6.50. The minimum absolute atomic E-state index is 1.22. The summed E-state index contributed by atoms with van der Waals surface area (Å²) in [6, 6.07) is 71.4. The minimum atomic E-state index is 1.22. The summed E-state index contributed by atoms with van der Waals surface area (Å²) in [5.74, 6) is 0. The van der Waals surface area contributed by atoms with E-state index in [1.54, 1.807) is 0 Å². The monoisotopic (exact) mass is 632 g/mol. The first-order valence-electron chi connectivity index (χ1n) is 17.3. The molecule has 0 amide bonds. The van der Waals surface area contributed by atoms with Crippen LogP contribution in [0.3, 0.4) is 0 Å². The molecule has 0 saturated carbocycles. The van der Waals surface area contributed by atoms with Crippen molar-refractivity contribution in [2.75, 3.05) is 0 Å². The summed E-state index contributed by atoms with van der Waals surface area (Å²) in [7, 11) is 0. The maximum absolute atomic E-state index is 2.37. The zero-order chi connectivity index (χ0) is 33.0. The van der Waals surface area contributed by atoms with Gasteiger partial charge in [-0.3, -0.25) is 0 Å². The van der Waals surface area contributed by atoms with Gasteiger partial charge in [0.2, 0.25) is 0 Å². The van der Waals surface area contributed by atoms with Crippen LogP contribution in [0, 0.1) is 0 Å². The lowest BCUT2D eigenvalue weighted by molar-refractivity contribution is 1.62. The number of hydrogen-bond donors (Lipinski definition) is 0. The smallest absolute Gasteiger partial charge is 0.00262 e. The van der Waals surface area contributed by atoms with E-state index in [9.17, 15) is 0 Å². The fraction of sp³-hybridized carbons (Fsp3) is 0. The van der Waals surface area contributed by atoms with Crippen LogP contribution in [0.5, 0.6) is 0 Å². The van der Waals surface area contributed by atoms with Gasteiger partial charge in [0.25, 0.3) is 0 Å². The first kappa shape index (κ1) is 28.5. The first-order chi connectivity index (χ1) is 24.8. The zero-order valence-corrected chi connectivity index (χ0v) is 27.5. The predicted octanol–water partition coefficient (Wildman–Crippen LogP) is 14.1. The van der Waals surface area contributed by atoms with Crippen LogP contribution in [-0.4, -0.2) is 0 Å².